The van der Waals surface area contributed by atoms with Crippen LogP contribution >= 0.6 is 11.6 Å². The third kappa shape index (κ3) is 2.51. The Hall–Kier alpha value is -2.66. The van der Waals surface area contributed by atoms with Gasteiger partial charge in [0.25, 0.3) is 0 Å². The van der Waals surface area contributed by atoms with Crippen LogP contribution in [0.3, 0.4) is 0 Å². The zero-order valence-electron chi connectivity index (χ0n) is 10.7. The summed E-state index contributed by atoms with van der Waals surface area (Å²) >= 11 is 5.95. The van der Waals surface area contributed by atoms with Crippen molar-refractivity contribution < 1.29 is 9.90 Å². The summed E-state index contributed by atoms with van der Waals surface area (Å²) in [4.78, 5) is 12.5. The van der Waals surface area contributed by atoms with Gasteiger partial charge in [0.2, 0.25) is 5.78 Å². The van der Waals surface area contributed by atoms with Gasteiger partial charge >= 0.3 is 0 Å². The Morgan fingerprint density at radius 2 is 1.90 bits per heavy atom. The molecule has 0 atom stereocenters. The summed E-state index contributed by atoms with van der Waals surface area (Å²) in [7, 11) is 0. The molecule has 6 heteroatoms. The maximum atomic E-state index is 12.5. The second-order valence-corrected chi connectivity index (χ2v) is 4.81. The third-order valence-corrected chi connectivity index (χ3v) is 3.24. The highest BCUT2D eigenvalue weighted by Gasteiger charge is 2.21. The molecular formula is C15H10ClN3O2. The van der Waals surface area contributed by atoms with Crippen LogP contribution in [0.1, 0.15) is 16.1 Å². The molecule has 0 amide bonds. The SMILES string of the molecule is O=C(c1ccccc1O)c1n[nH]nc1-c1cccc(Cl)c1. The maximum absolute atomic E-state index is 12.5. The lowest BCUT2D eigenvalue weighted by Crippen LogP contribution is -2.04. The molecule has 3 aromatic rings. The maximum Gasteiger partial charge on any atom is 0.219 e. The lowest BCUT2D eigenvalue weighted by Gasteiger charge is -2.03. The quantitative estimate of drug-likeness (QED) is 0.729. The number of rotatable bonds is 3. The fourth-order valence-electron chi connectivity index (χ4n) is 2.02. The van der Waals surface area contributed by atoms with Crippen LogP contribution in [0.15, 0.2) is 48.5 Å². The van der Waals surface area contributed by atoms with Crippen LogP contribution in [0.4, 0.5) is 0 Å². The highest BCUT2D eigenvalue weighted by molar-refractivity contribution is 6.30. The molecule has 0 spiro atoms. The van der Waals surface area contributed by atoms with Crippen molar-refractivity contribution in [1.82, 2.24) is 15.4 Å². The molecule has 0 radical (unpaired) electrons. The monoisotopic (exact) mass is 299 g/mol. The molecule has 1 heterocycles. The Labute approximate surface area is 125 Å². The Kier molecular flexibility index (Phi) is 3.41. The van der Waals surface area contributed by atoms with E-state index in [9.17, 15) is 9.90 Å². The number of hydrogen-bond acceptors (Lipinski definition) is 4. The fourth-order valence-corrected chi connectivity index (χ4v) is 2.21. The number of carbonyl (C=O) groups excluding carboxylic acids is 1. The molecule has 0 fully saturated rings. The highest BCUT2D eigenvalue weighted by Crippen LogP contribution is 2.26. The predicted molar refractivity (Wildman–Crippen MR) is 78.4 cm³/mol. The highest BCUT2D eigenvalue weighted by atomic mass is 35.5. The minimum atomic E-state index is -0.406. The zero-order valence-corrected chi connectivity index (χ0v) is 11.5. The molecule has 0 aliphatic carbocycles. The molecule has 2 N–H and O–H groups in total. The largest absolute Gasteiger partial charge is 0.507 e. The van der Waals surface area contributed by atoms with E-state index in [-0.39, 0.29) is 17.0 Å². The van der Waals surface area contributed by atoms with Crippen LogP contribution < -0.4 is 0 Å². The summed E-state index contributed by atoms with van der Waals surface area (Å²) < 4.78 is 0. The van der Waals surface area contributed by atoms with E-state index in [1.54, 1.807) is 36.4 Å². The van der Waals surface area contributed by atoms with Crippen LogP contribution in [0, 0.1) is 0 Å². The fraction of sp³-hybridized carbons (Fsp3) is 0. The van der Waals surface area contributed by atoms with Gasteiger partial charge in [-0.25, -0.2) is 0 Å². The van der Waals surface area contributed by atoms with Crippen LogP contribution in [0.25, 0.3) is 11.3 Å². The number of H-pyrrole nitrogens is 1. The van der Waals surface area contributed by atoms with E-state index in [1.807, 2.05) is 0 Å². The van der Waals surface area contributed by atoms with Crippen molar-refractivity contribution in [3.05, 3.63) is 64.8 Å². The summed E-state index contributed by atoms with van der Waals surface area (Å²) in [6.45, 7) is 0. The smallest absolute Gasteiger partial charge is 0.219 e. The molecule has 0 saturated carbocycles. The summed E-state index contributed by atoms with van der Waals surface area (Å²) in [5.41, 5.74) is 1.38. The summed E-state index contributed by atoms with van der Waals surface area (Å²) in [5.74, 6) is -0.501. The van der Waals surface area contributed by atoms with Gasteiger partial charge in [-0.2, -0.15) is 15.4 Å². The first kappa shape index (κ1) is 13.3. The number of aromatic nitrogens is 3. The molecule has 0 aliphatic heterocycles. The average molecular weight is 300 g/mol. The van der Waals surface area contributed by atoms with Crippen molar-refractivity contribution in [3.63, 3.8) is 0 Å². The van der Waals surface area contributed by atoms with E-state index < -0.39 is 5.78 Å². The first-order valence-corrected chi connectivity index (χ1v) is 6.54. The number of aromatic amines is 1. The standard InChI is InChI=1S/C15H10ClN3O2/c16-10-5-3-4-9(8-10)13-14(18-19-17-13)15(21)11-6-1-2-7-12(11)20/h1-8,20H,(H,17,18,19). The van der Waals surface area contributed by atoms with Gasteiger partial charge < -0.3 is 5.11 Å². The summed E-state index contributed by atoms with van der Waals surface area (Å²) in [5, 5.41) is 20.7. The van der Waals surface area contributed by atoms with Crippen molar-refractivity contribution in [2.75, 3.05) is 0 Å². The van der Waals surface area contributed by atoms with Crippen molar-refractivity contribution >= 4 is 17.4 Å². The number of aromatic hydroxyl groups is 1. The van der Waals surface area contributed by atoms with E-state index in [4.69, 9.17) is 11.6 Å². The molecule has 2 aromatic carbocycles. The first-order valence-electron chi connectivity index (χ1n) is 6.16. The van der Waals surface area contributed by atoms with Crippen LogP contribution in [-0.2, 0) is 0 Å². The number of phenolic OH excluding ortho intramolecular Hbond substituents is 1. The lowest BCUT2D eigenvalue weighted by atomic mass is 10.0. The topological polar surface area (TPSA) is 78.9 Å². The van der Waals surface area contributed by atoms with E-state index >= 15 is 0 Å². The number of carbonyl (C=O) groups is 1. The second-order valence-electron chi connectivity index (χ2n) is 4.38. The minimum absolute atomic E-state index is 0.0949. The molecule has 0 aliphatic rings. The molecule has 5 nitrogen and oxygen atoms in total. The number of nitrogens with one attached hydrogen (secondary N) is 1. The molecule has 1 aromatic heterocycles. The van der Waals surface area contributed by atoms with Crippen LogP contribution in [-0.4, -0.2) is 26.3 Å². The van der Waals surface area contributed by atoms with E-state index in [0.717, 1.165) is 0 Å². The van der Waals surface area contributed by atoms with Gasteiger partial charge in [0.05, 0.1) is 5.56 Å². The number of benzene rings is 2. The van der Waals surface area contributed by atoms with Crippen molar-refractivity contribution in [2.24, 2.45) is 0 Å². The van der Waals surface area contributed by atoms with Gasteiger partial charge in [0.15, 0.2) is 5.69 Å². The molecule has 104 valence electrons. The number of nitrogens with zero attached hydrogens (tertiary/aromatic N) is 2. The number of para-hydroxylation sites is 1. The van der Waals surface area contributed by atoms with E-state index in [2.05, 4.69) is 15.4 Å². The molecule has 0 bridgehead atoms. The molecule has 0 unspecified atom stereocenters. The van der Waals surface area contributed by atoms with Gasteiger partial charge in [-0.15, -0.1) is 0 Å². The third-order valence-electron chi connectivity index (χ3n) is 3.01. The van der Waals surface area contributed by atoms with Crippen LogP contribution in [0.5, 0.6) is 5.75 Å². The normalized spacial score (nSPS) is 10.5. The van der Waals surface area contributed by atoms with Gasteiger partial charge in [0, 0.05) is 10.6 Å². The zero-order chi connectivity index (χ0) is 14.8. The van der Waals surface area contributed by atoms with Crippen LogP contribution in [0.2, 0.25) is 5.02 Å². The Morgan fingerprint density at radius 1 is 1.10 bits per heavy atom. The number of hydrogen-bond donors (Lipinski definition) is 2. The van der Waals surface area contributed by atoms with E-state index in [0.29, 0.717) is 16.3 Å². The van der Waals surface area contributed by atoms with Crippen molar-refractivity contribution in [3.8, 4) is 17.0 Å². The molecule has 3 rings (SSSR count). The Morgan fingerprint density at radius 3 is 2.67 bits per heavy atom. The van der Waals surface area contributed by atoms with Gasteiger partial charge in [-0.05, 0) is 24.3 Å². The number of ketones is 1. The minimum Gasteiger partial charge on any atom is -0.507 e. The van der Waals surface area contributed by atoms with Gasteiger partial charge in [-0.1, -0.05) is 35.9 Å². The Balaban J connectivity index is 2.08. The average Bonchev–Trinajstić information content (AvgIpc) is 2.96. The first-order chi connectivity index (χ1) is 10.2. The lowest BCUT2D eigenvalue weighted by molar-refractivity contribution is 0.103. The second kappa shape index (κ2) is 5.38. The summed E-state index contributed by atoms with van der Waals surface area (Å²) in [6.07, 6.45) is 0. The van der Waals surface area contributed by atoms with Crippen molar-refractivity contribution in [2.45, 2.75) is 0 Å². The molecule has 21 heavy (non-hydrogen) atoms. The van der Waals surface area contributed by atoms with E-state index in [1.165, 1.54) is 12.1 Å². The molecule has 0 saturated heterocycles. The number of phenols is 1. The molecular weight excluding hydrogens is 290 g/mol. The summed E-state index contributed by atoms with van der Waals surface area (Å²) in [6, 6.07) is 13.3. The van der Waals surface area contributed by atoms with Gasteiger partial charge in [-0.3, -0.25) is 4.79 Å². The predicted octanol–water partition coefficient (Wildman–Crippen LogP) is 3.06. The van der Waals surface area contributed by atoms with Gasteiger partial charge in [0.1, 0.15) is 11.4 Å². The Bertz CT molecular complexity index is 814. The van der Waals surface area contributed by atoms with Crippen molar-refractivity contribution in [1.29, 1.82) is 0 Å². The number of halogens is 1.